The molecule has 106 valence electrons. The van der Waals surface area contributed by atoms with Crippen LogP contribution in [0.15, 0.2) is 29.4 Å². The maximum atomic E-state index is 5.53. The Kier molecular flexibility index (Phi) is 5.06. The quantitative estimate of drug-likeness (QED) is 0.656. The minimum atomic E-state index is 0.501. The van der Waals surface area contributed by atoms with Gasteiger partial charge < -0.3 is 4.74 Å². The lowest BCUT2D eigenvalue weighted by molar-refractivity contribution is 0.317. The highest BCUT2D eigenvalue weighted by Gasteiger charge is 2.01. The molecular weight excluding hydrogens is 272 g/mol. The Bertz CT molecular complexity index is 627. The zero-order chi connectivity index (χ0) is 14.4. The molecule has 0 unspecified atom stereocenters. The number of nitrogens with one attached hydrogen (secondary N) is 1. The van der Waals surface area contributed by atoms with Gasteiger partial charge in [0.2, 0.25) is 4.77 Å². The standard InChI is InChI=1S/C14H18N4OS/c1-3-9-19-12-7-5-11(6-8-12)10-15-18-13(4-2)16-17-14(18)20/h5-8,10H,3-4,9H2,1-2H3,(H,17,20)/b15-10-. The molecule has 0 aliphatic rings. The Morgan fingerprint density at radius 1 is 1.35 bits per heavy atom. The van der Waals surface area contributed by atoms with Gasteiger partial charge in [0.1, 0.15) is 5.75 Å². The zero-order valence-electron chi connectivity index (χ0n) is 11.7. The summed E-state index contributed by atoms with van der Waals surface area (Å²) in [6, 6.07) is 7.80. The molecule has 1 aromatic carbocycles. The van der Waals surface area contributed by atoms with Gasteiger partial charge in [0.05, 0.1) is 12.8 Å². The first-order valence-electron chi connectivity index (χ1n) is 6.68. The van der Waals surface area contributed by atoms with Gasteiger partial charge in [-0.15, -0.1) is 0 Å². The van der Waals surface area contributed by atoms with Crippen molar-refractivity contribution in [1.29, 1.82) is 0 Å². The van der Waals surface area contributed by atoms with E-state index in [0.29, 0.717) is 4.77 Å². The number of H-pyrrole nitrogens is 1. The summed E-state index contributed by atoms with van der Waals surface area (Å²) in [6.07, 6.45) is 3.53. The van der Waals surface area contributed by atoms with Crippen LogP contribution in [0.1, 0.15) is 31.7 Å². The summed E-state index contributed by atoms with van der Waals surface area (Å²) in [5.74, 6) is 1.69. The first-order chi connectivity index (χ1) is 9.74. The Hall–Kier alpha value is -1.95. The van der Waals surface area contributed by atoms with Crippen LogP contribution in [0.25, 0.3) is 0 Å². The molecule has 0 spiro atoms. The van der Waals surface area contributed by atoms with E-state index in [4.69, 9.17) is 17.0 Å². The van der Waals surface area contributed by atoms with E-state index in [0.717, 1.165) is 36.6 Å². The van der Waals surface area contributed by atoms with Crippen molar-refractivity contribution in [3.8, 4) is 5.75 Å². The van der Waals surface area contributed by atoms with Crippen molar-refractivity contribution in [2.45, 2.75) is 26.7 Å². The van der Waals surface area contributed by atoms with Gasteiger partial charge in [-0.25, -0.2) is 0 Å². The van der Waals surface area contributed by atoms with E-state index in [2.05, 4.69) is 22.2 Å². The topological polar surface area (TPSA) is 55.2 Å². The minimum absolute atomic E-state index is 0.501. The highest BCUT2D eigenvalue weighted by Crippen LogP contribution is 2.11. The number of aromatic nitrogens is 3. The maximum Gasteiger partial charge on any atom is 0.216 e. The number of rotatable bonds is 6. The molecule has 1 N–H and O–H groups in total. The third-order valence-corrected chi connectivity index (χ3v) is 2.97. The SMILES string of the molecule is CCCOc1ccc(/C=N\n2c(CC)n[nH]c2=S)cc1. The van der Waals surface area contributed by atoms with Crippen LogP contribution in [-0.2, 0) is 6.42 Å². The molecule has 0 saturated carbocycles. The summed E-state index contributed by atoms with van der Waals surface area (Å²) in [5.41, 5.74) is 0.985. The molecule has 0 amide bonds. The summed E-state index contributed by atoms with van der Waals surface area (Å²) >= 11 is 5.13. The summed E-state index contributed by atoms with van der Waals surface area (Å²) in [5, 5.41) is 11.2. The summed E-state index contributed by atoms with van der Waals surface area (Å²) in [6.45, 7) is 4.83. The van der Waals surface area contributed by atoms with Crippen molar-refractivity contribution in [3.05, 3.63) is 40.4 Å². The van der Waals surface area contributed by atoms with Crippen LogP contribution in [-0.4, -0.2) is 27.7 Å². The molecule has 0 aliphatic carbocycles. The molecule has 20 heavy (non-hydrogen) atoms. The second-order valence-electron chi connectivity index (χ2n) is 4.27. The molecule has 0 atom stereocenters. The van der Waals surface area contributed by atoms with E-state index in [9.17, 15) is 0 Å². The van der Waals surface area contributed by atoms with E-state index in [1.807, 2.05) is 31.2 Å². The number of ether oxygens (including phenoxy) is 1. The Morgan fingerprint density at radius 3 is 2.75 bits per heavy atom. The summed E-state index contributed by atoms with van der Waals surface area (Å²) < 4.78 is 7.67. The van der Waals surface area contributed by atoms with Crippen LogP contribution in [0.3, 0.4) is 0 Å². The highest BCUT2D eigenvalue weighted by atomic mass is 32.1. The molecule has 0 fully saturated rings. The Balaban J connectivity index is 2.11. The van der Waals surface area contributed by atoms with Crippen molar-refractivity contribution >= 4 is 18.4 Å². The zero-order valence-corrected chi connectivity index (χ0v) is 12.5. The number of aromatic amines is 1. The molecule has 0 bridgehead atoms. The van der Waals surface area contributed by atoms with E-state index in [-0.39, 0.29) is 0 Å². The molecule has 1 aromatic heterocycles. The van der Waals surface area contributed by atoms with E-state index in [1.165, 1.54) is 0 Å². The molecule has 2 aromatic rings. The first kappa shape index (κ1) is 14.5. The summed E-state index contributed by atoms with van der Waals surface area (Å²) in [4.78, 5) is 0. The van der Waals surface area contributed by atoms with Gasteiger partial charge in [0.25, 0.3) is 0 Å². The Labute approximate surface area is 123 Å². The van der Waals surface area contributed by atoms with Gasteiger partial charge in [0.15, 0.2) is 5.82 Å². The van der Waals surface area contributed by atoms with Gasteiger partial charge in [-0.1, -0.05) is 13.8 Å². The van der Waals surface area contributed by atoms with Crippen LogP contribution < -0.4 is 4.74 Å². The van der Waals surface area contributed by atoms with Gasteiger partial charge in [-0.3, -0.25) is 5.10 Å². The smallest absolute Gasteiger partial charge is 0.216 e. The van der Waals surface area contributed by atoms with Crippen LogP contribution >= 0.6 is 12.2 Å². The van der Waals surface area contributed by atoms with Crippen molar-refractivity contribution in [3.63, 3.8) is 0 Å². The van der Waals surface area contributed by atoms with E-state index >= 15 is 0 Å². The van der Waals surface area contributed by atoms with Crippen LogP contribution in [0.5, 0.6) is 5.75 Å². The molecule has 6 heteroatoms. The van der Waals surface area contributed by atoms with Gasteiger partial charge in [-0.2, -0.15) is 14.9 Å². The normalized spacial score (nSPS) is 11.1. The lowest BCUT2D eigenvalue weighted by Crippen LogP contribution is -1.97. The van der Waals surface area contributed by atoms with Crippen molar-refractivity contribution in [1.82, 2.24) is 14.9 Å². The summed E-state index contributed by atoms with van der Waals surface area (Å²) in [7, 11) is 0. The first-order valence-corrected chi connectivity index (χ1v) is 7.09. The molecule has 0 aliphatic heterocycles. The molecule has 1 heterocycles. The lowest BCUT2D eigenvalue weighted by atomic mass is 10.2. The van der Waals surface area contributed by atoms with Crippen LogP contribution in [0, 0.1) is 4.77 Å². The van der Waals surface area contributed by atoms with Crippen molar-refractivity contribution in [2.24, 2.45) is 5.10 Å². The van der Waals surface area contributed by atoms with Crippen molar-refractivity contribution < 1.29 is 4.74 Å². The predicted octanol–water partition coefficient (Wildman–Crippen LogP) is 3.17. The average molecular weight is 290 g/mol. The number of aryl methyl sites for hydroxylation is 1. The van der Waals surface area contributed by atoms with Gasteiger partial charge in [0, 0.05) is 6.42 Å². The Morgan fingerprint density at radius 2 is 2.10 bits per heavy atom. The monoisotopic (exact) mass is 290 g/mol. The van der Waals surface area contributed by atoms with E-state index < -0.39 is 0 Å². The second kappa shape index (κ2) is 7.00. The fraction of sp³-hybridized carbons (Fsp3) is 0.357. The van der Waals surface area contributed by atoms with Crippen molar-refractivity contribution in [2.75, 3.05) is 6.61 Å². The van der Waals surface area contributed by atoms with Gasteiger partial charge in [-0.05, 0) is 48.5 Å². The molecule has 5 nitrogen and oxygen atoms in total. The number of hydrogen-bond donors (Lipinski definition) is 1. The third-order valence-electron chi connectivity index (χ3n) is 2.71. The third kappa shape index (κ3) is 3.54. The van der Waals surface area contributed by atoms with E-state index in [1.54, 1.807) is 10.9 Å². The number of nitrogens with zero attached hydrogens (tertiary/aromatic N) is 3. The fourth-order valence-electron chi connectivity index (χ4n) is 1.67. The molecule has 0 radical (unpaired) electrons. The minimum Gasteiger partial charge on any atom is -0.494 e. The number of benzene rings is 1. The maximum absolute atomic E-state index is 5.53. The van der Waals surface area contributed by atoms with Crippen LogP contribution in [0.4, 0.5) is 0 Å². The van der Waals surface area contributed by atoms with Crippen LogP contribution in [0.2, 0.25) is 0 Å². The lowest BCUT2D eigenvalue weighted by Gasteiger charge is -2.03. The predicted molar refractivity (Wildman–Crippen MR) is 82.0 cm³/mol. The fourth-order valence-corrected chi connectivity index (χ4v) is 1.86. The molecule has 0 saturated heterocycles. The highest BCUT2D eigenvalue weighted by molar-refractivity contribution is 7.71. The largest absolute Gasteiger partial charge is 0.494 e. The number of hydrogen-bond acceptors (Lipinski definition) is 4. The molecular formula is C14H18N4OS. The van der Waals surface area contributed by atoms with Gasteiger partial charge >= 0.3 is 0 Å². The average Bonchev–Trinajstić information content (AvgIpc) is 2.84. The molecule has 2 rings (SSSR count). The second-order valence-corrected chi connectivity index (χ2v) is 4.66.